The highest BCUT2D eigenvalue weighted by molar-refractivity contribution is 7.80. The summed E-state index contributed by atoms with van der Waals surface area (Å²) in [6.45, 7) is 5.35. The standard InChI is InChI=1S/C18H21N3O4S/c1-18(2,3)25-17(24)21-9-11(10-7-5-6-8-12(10)21)14(22)13-15(23)20(4)16(26)19-13/h5-9,13-14,22H,1-4H3,(H,19,26). The molecule has 8 heteroatoms. The summed E-state index contributed by atoms with van der Waals surface area (Å²) in [6, 6.07) is 6.25. The van der Waals surface area contributed by atoms with E-state index in [1.807, 2.05) is 0 Å². The summed E-state index contributed by atoms with van der Waals surface area (Å²) in [6.07, 6.45) is -0.204. The Morgan fingerprint density at radius 2 is 2.00 bits per heavy atom. The Hall–Kier alpha value is -2.45. The van der Waals surface area contributed by atoms with Crippen molar-refractivity contribution in [3.05, 3.63) is 36.0 Å². The van der Waals surface area contributed by atoms with Crippen molar-refractivity contribution in [2.75, 3.05) is 7.05 Å². The van der Waals surface area contributed by atoms with Crippen LogP contribution < -0.4 is 5.32 Å². The number of carbonyl (C=O) groups is 2. The van der Waals surface area contributed by atoms with Crippen LogP contribution in [0.5, 0.6) is 0 Å². The summed E-state index contributed by atoms with van der Waals surface area (Å²) in [5.41, 5.74) is 0.395. The molecule has 1 aromatic heterocycles. The average molecular weight is 375 g/mol. The van der Waals surface area contributed by atoms with Gasteiger partial charge in [-0.25, -0.2) is 4.79 Å². The predicted octanol–water partition coefficient (Wildman–Crippen LogP) is 2.17. The van der Waals surface area contributed by atoms with Crippen LogP contribution in [0.15, 0.2) is 30.5 Å². The lowest BCUT2D eigenvalue weighted by molar-refractivity contribution is -0.128. The number of rotatable bonds is 2. The maximum Gasteiger partial charge on any atom is 0.419 e. The second-order valence-electron chi connectivity index (χ2n) is 7.22. The van der Waals surface area contributed by atoms with E-state index >= 15 is 0 Å². The lowest BCUT2D eigenvalue weighted by Gasteiger charge is -2.19. The van der Waals surface area contributed by atoms with Crippen molar-refractivity contribution in [3.8, 4) is 0 Å². The lowest BCUT2D eigenvalue weighted by Crippen LogP contribution is -2.35. The number of aliphatic hydroxyl groups is 1. The van der Waals surface area contributed by atoms with Crippen molar-refractivity contribution in [2.45, 2.75) is 38.5 Å². The number of aromatic nitrogens is 1. The van der Waals surface area contributed by atoms with Crippen LogP contribution in [0.3, 0.4) is 0 Å². The number of amides is 1. The van der Waals surface area contributed by atoms with Gasteiger partial charge in [-0.05, 0) is 39.1 Å². The maximum atomic E-state index is 12.5. The summed E-state index contributed by atoms with van der Waals surface area (Å²) < 4.78 is 6.78. The van der Waals surface area contributed by atoms with Crippen LogP contribution in [-0.4, -0.2) is 50.4 Å². The zero-order valence-corrected chi connectivity index (χ0v) is 15.8. The van der Waals surface area contributed by atoms with Gasteiger partial charge in [0.15, 0.2) is 5.11 Å². The van der Waals surface area contributed by atoms with E-state index < -0.39 is 23.8 Å². The van der Waals surface area contributed by atoms with Gasteiger partial charge in [-0.3, -0.25) is 14.3 Å². The van der Waals surface area contributed by atoms with Crippen molar-refractivity contribution in [2.24, 2.45) is 0 Å². The highest BCUT2D eigenvalue weighted by Gasteiger charge is 2.39. The largest absolute Gasteiger partial charge is 0.443 e. The third kappa shape index (κ3) is 3.17. The molecular weight excluding hydrogens is 354 g/mol. The van der Waals surface area contributed by atoms with E-state index in [1.165, 1.54) is 15.7 Å². The van der Waals surface area contributed by atoms with Crippen LogP contribution >= 0.6 is 12.2 Å². The Kier molecular flexibility index (Phi) is 4.49. The van der Waals surface area contributed by atoms with E-state index in [4.69, 9.17) is 17.0 Å². The Bertz CT molecular complexity index is 899. The number of hydrogen-bond donors (Lipinski definition) is 2. The molecule has 1 aliphatic heterocycles. The molecule has 2 atom stereocenters. The van der Waals surface area contributed by atoms with Crippen LogP contribution in [0, 0.1) is 0 Å². The quantitative estimate of drug-likeness (QED) is 0.783. The van der Waals surface area contributed by atoms with Gasteiger partial charge in [-0.1, -0.05) is 18.2 Å². The molecular formula is C18H21N3O4S. The van der Waals surface area contributed by atoms with Crippen molar-refractivity contribution in [3.63, 3.8) is 0 Å². The van der Waals surface area contributed by atoms with Crippen LogP contribution in [-0.2, 0) is 9.53 Å². The lowest BCUT2D eigenvalue weighted by atomic mass is 10.0. The number of benzene rings is 1. The molecule has 3 rings (SSSR count). The van der Waals surface area contributed by atoms with Crippen molar-refractivity contribution < 1.29 is 19.4 Å². The van der Waals surface area contributed by atoms with Crippen LogP contribution in [0.1, 0.15) is 32.4 Å². The minimum atomic E-state index is -1.17. The molecule has 1 saturated heterocycles. The van der Waals surface area contributed by atoms with Crippen LogP contribution in [0.2, 0.25) is 0 Å². The Morgan fingerprint density at radius 3 is 2.58 bits per heavy atom. The van der Waals surface area contributed by atoms with Crippen LogP contribution in [0.25, 0.3) is 10.9 Å². The van der Waals surface area contributed by atoms with Gasteiger partial charge in [0.25, 0.3) is 5.91 Å². The fraction of sp³-hybridized carbons (Fsp3) is 0.389. The first-order valence-electron chi connectivity index (χ1n) is 8.19. The summed E-state index contributed by atoms with van der Waals surface area (Å²) in [4.78, 5) is 26.1. The van der Waals surface area contributed by atoms with Crippen molar-refractivity contribution in [1.82, 2.24) is 14.8 Å². The molecule has 0 saturated carbocycles. The van der Waals surface area contributed by atoms with Gasteiger partial charge in [0.2, 0.25) is 0 Å². The zero-order chi connectivity index (χ0) is 19.2. The monoisotopic (exact) mass is 375 g/mol. The smallest absolute Gasteiger partial charge is 0.419 e. The number of carbonyl (C=O) groups excluding carboxylic acids is 2. The van der Waals surface area contributed by atoms with Crippen molar-refractivity contribution in [1.29, 1.82) is 0 Å². The molecule has 138 valence electrons. The number of likely N-dealkylation sites (N-methyl/N-ethyl adjacent to an activating group) is 1. The van der Waals surface area contributed by atoms with Gasteiger partial charge in [-0.15, -0.1) is 0 Å². The second kappa shape index (κ2) is 6.37. The number of para-hydroxylation sites is 1. The summed E-state index contributed by atoms with van der Waals surface area (Å²) in [7, 11) is 1.55. The molecule has 0 spiro atoms. The summed E-state index contributed by atoms with van der Waals surface area (Å²) >= 11 is 5.07. The third-order valence-electron chi connectivity index (χ3n) is 4.15. The molecule has 26 heavy (non-hydrogen) atoms. The topological polar surface area (TPSA) is 83.8 Å². The van der Waals surface area contributed by atoms with Crippen molar-refractivity contribution >= 4 is 40.2 Å². The van der Waals surface area contributed by atoms with E-state index in [2.05, 4.69) is 5.32 Å². The van der Waals surface area contributed by atoms with Gasteiger partial charge in [0, 0.05) is 24.2 Å². The molecule has 7 nitrogen and oxygen atoms in total. The highest BCUT2D eigenvalue weighted by Crippen LogP contribution is 2.30. The van der Waals surface area contributed by atoms with Gasteiger partial charge >= 0.3 is 6.09 Å². The van der Waals surface area contributed by atoms with Gasteiger partial charge in [0.05, 0.1) is 5.52 Å². The minimum Gasteiger partial charge on any atom is -0.443 e. The molecule has 1 aromatic carbocycles. The molecule has 0 aliphatic carbocycles. The zero-order valence-electron chi connectivity index (χ0n) is 15.0. The summed E-state index contributed by atoms with van der Waals surface area (Å²) in [5.74, 6) is -0.323. The van der Waals surface area contributed by atoms with E-state index in [1.54, 1.807) is 52.1 Å². The Balaban J connectivity index is 2.03. The van der Waals surface area contributed by atoms with E-state index in [9.17, 15) is 14.7 Å². The molecule has 0 bridgehead atoms. The molecule has 2 N–H and O–H groups in total. The molecule has 1 aliphatic rings. The first kappa shape index (κ1) is 18.3. The van der Waals surface area contributed by atoms with E-state index in [0.29, 0.717) is 16.5 Å². The highest BCUT2D eigenvalue weighted by atomic mass is 32.1. The number of aliphatic hydroxyl groups excluding tert-OH is 1. The first-order chi connectivity index (χ1) is 12.1. The number of thiocarbonyl (C=S) groups is 1. The average Bonchev–Trinajstić information content (AvgIpc) is 3.06. The van der Waals surface area contributed by atoms with Gasteiger partial charge < -0.3 is 15.2 Å². The third-order valence-corrected chi connectivity index (χ3v) is 4.54. The molecule has 1 fully saturated rings. The number of nitrogens with one attached hydrogen (secondary N) is 1. The fourth-order valence-corrected chi connectivity index (χ4v) is 3.11. The maximum absolute atomic E-state index is 12.5. The fourth-order valence-electron chi connectivity index (χ4n) is 2.90. The molecule has 2 heterocycles. The minimum absolute atomic E-state index is 0.259. The van der Waals surface area contributed by atoms with Crippen LogP contribution in [0.4, 0.5) is 4.79 Å². The molecule has 1 amide bonds. The number of ether oxygens (including phenoxy) is 1. The van der Waals surface area contributed by atoms with E-state index in [0.717, 1.165) is 0 Å². The number of hydrogen-bond acceptors (Lipinski definition) is 5. The SMILES string of the molecule is CN1C(=O)C(C(O)c2cn(C(=O)OC(C)(C)C)c3ccccc23)NC1=S. The molecule has 2 unspecified atom stereocenters. The van der Waals surface area contributed by atoms with E-state index in [-0.39, 0.29) is 11.0 Å². The normalized spacial score (nSPS) is 19.0. The molecule has 0 radical (unpaired) electrons. The predicted molar refractivity (Wildman–Crippen MR) is 101 cm³/mol. The first-order valence-corrected chi connectivity index (χ1v) is 8.60. The van der Waals surface area contributed by atoms with Gasteiger partial charge in [0.1, 0.15) is 17.7 Å². The second-order valence-corrected chi connectivity index (χ2v) is 7.61. The Morgan fingerprint density at radius 1 is 1.35 bits per heavy atom. The molecule has 2 aromatic rings. The summed E-state index contributed by atoms with van der Waals surface area (Å²) in [5, 5.41) is 14.6. The number of fused-ring (bicyclic) bond motifs is 1. The number of nitrogens with zero attached hydrogens (tertiary/aromatic N) is 2. The Labute approximate surface area is 156 Å². The van der Waals surface area contributed by atoms with Gasteiger partial charge in [-0.2, -0.15) is 0 Å².